The van der Waals surface area contributed by atoms with Crippen molar-refractivity contribution in [2.75, 3.05) is 13.2 Å². The van der Waals surface area contributed by atoms with Gasteiger partial charge in [0.25, 0.3) is 0 Å². The summed E-state index contributed by atoms with van der Waals surface area (Å²) in [4.78, 5) is 18.1. The maximum atomic E-state index is 12.4. The summed E-state index contributed by atoms with van der Waals surface area (Å²) in [6, 6.07) is -0.411. The Morgan fingerprint density at radius 3 is 3.00 bits per heavy atom. The molecule has 1 aromatic rings. The first-order chi connectivity index (χ1) is 8.74. The molecule has 1 aliphatic heterocycles. The number of nitrogens with zero attached hydrogens (tertiary/aromatic N) is 4. The third-order valence-electron chi connectivity index (χ3n) is 3.56. The number of aromatic nitrogens is 3. The van der Waals surface area contributed by atoms with Crippen molar-refractivity contribution in [1.82, 2.24) is 19.7 Å². The van der Waals surface area contributed by atoms with Crippen molar-refractivity contribution < 1.29 is 9.90 Å². The van der Waals surface area contributed by atoms with Crippen LogP contribution in [0.2, 0.25) is 0 Å². The standard InChI is InChI=1S/C12H20N4O2/c1-10(16-9-13-8-14-16)12(18)15-6-4-2-3-5-11(15)7-17/h8-11,17H,2-7H2,1H3. The smallest absolute Gasteiger partial charge is 0.247 e. The van der Waals surface area contributed by atoms with Gasteiger partial charge in [-0.3, -0.25) is 4.79 Å². The average molecular weight is 252 g/mol. The first-order valence-corrected chi connectivity index (χ1v) is 6.49. The molecule has 0 bridgehead atoms. The van der Waals surface area contributed by atoms with Gasteiger partial charge in [-0.25, -0.2) is 9.67 Å². The number of carbonyl (C=O) groups excluding carboxylic acids is 1. The summed E-state index contributed by atoms with van der Waals surface area (Å²) in [5.41, 5.74) is 0. The topological polar surface area (TPSA) is 71.2 Å². The van der Waals surface area contributed by atoms with Crippen molar-refractivity contribution in [1.29, 1.82) is 0 Å². The number of likely N-dealkylation sites (tertiary alicyclic amines) is 1. The minimum atomic E-state index is -0.361. The van der Waals surface area contributed by atoms with Gasteiger partial charge in [-0.1, -0.05) is 12.8 Å². The summed E-state index contributed by atoms with van der Waals surface area (Å²) < 4.78 is 1.56. The van der Waals surface area contributed by atoms with E-state index in [1.807, 2.05) is 6.92 Å². The van der Waals surface area contributed by atoms with E-state index in [-0.39, 0.29) is 24.6 Å². The summed E-state index contributed by atoms with van der Waals surface area (Å²) in [6.45, 7) is 2.58. The van der Waals surface area contributed by atoms with Crippen molar-refractivity contribution in [3.63, 3.8) is 0 Å². The van der Waals surface area contributed by atoms with Crippen LogP contribution in [0.25, 0.3) is 0 Å². The number of carbonyl (C=O) groups is 1. The molecule has 1 saturated heterocycles. The molecule has 1 fully saturated rings. The number of aliphatic hydroxyl groups excluding tert-OH is 1. The van der Waals surface area contributed by atoms with Gasteiger partial charge in [-0.05, 0) is 19.8 Å². The zero-order chi connectivity index (χ0) is 13.0. The van der Waals surface area contributed by atoms with Crippen molar-refractivity contribution in [3.8, 4) is 0 Å². The lowest BCUT2D eigenvalue weighted by Crippen LogP contribution is -2.45. The van der Waals surface area contributed by atoms with Gasteiger partial charge in [0.15, 0.2) is 0 Å². The maximum Gasteiger partial charge on any atom is 0.247 e. The number of rotatable bonds is 3. The van der Waals surface area contributed by atoms with Crippen molar-refractivity contribution in [3.05, 3.63) is 12.7 Å². The van der Waals surface area contributed by atoms with E-state index < -0.39 is 0 Å². The molecule has 0 saturated carbocycles. The van der Waals surface area contributed by atoms with E-state index in [1.165, 1.54) is 6.33 Å². The Morgan fingerprint density at radius 1 is 1.50 bits per heavy atom. The Labute approximate surface area is 107 Å². The van der Waals surface area contributed by atoms with Gasteiger partial charge in [0.05, 0.1) is 12.6 Å². The van der Waals surface area contributed by atoms with Gasteiger partial charge < -0.3 is 10.0 Å². The summed E-state index contributed by atoms with van der Waals surface area (Å²) >= 11 is 0. The molecule has 100 valence electrons. The van der Waals surface area contributed by atoms with Crippen LogP contribution in [0.5, 0.6) is 0 Å². The van der Waals surface area contributed by atoms with Crippen LogP contribution >= 0.6 is 0 Å². The van der Waals surface area contributed by atoms with Gasteiger partial charge in [0.1, 0.15) is 18.7 Å². The quantitative estimate of drug-likeness (QED) is 0.855. The summed E-state index contributed by atoms with van der Waals surface area (Å²) in [5.74, 6) is 0.0152. The van der Waals surface area contributed by atoms with E-state index >= 15 is 0 Å². The van der Waals surface area contributed by atoms with Crippen LogP contribution in [0.15, 0.2) is 12.7 Å². The van der Waals surface area contributed by atoms with E-state index in [1.54, 1.807) is 15.9 Å². The molecule has 6 nitrogen and oxygen atoms in total. The van der Waals surface area contributed by atoms with E-state index in [9.17, 15) is 9.90 Å². The average Bonchev–Trinajstić information content (AvgIpc) is 2.82. The van der Waals surface area contributed by atoms with Crippen LogP contribution in [0.1, 0.15) is 38.6 Å². The molecule has 6 heteroatoms. The number of hydrogen-bond donors (Lipinski definition) is 1. The van der Waals surface area contributed by atoms with Crippen LogP contribution in [-0.4, -0.2) is 49.9 Å². The Morgan fingerprint density at radius 2 is 2.33 bits per heavy atom. The first kappa shape index (κ1) is 13.0. The third kappa shape index (κ3) is 2.69. The molecular weight excluding hydrogens is 232 g/mol. The molecule has 1 aromatic heterocycles. The van der Waals surface area contributed by atoms with Gasteiger partial charge in [0, 0.05) is 6.54 Å². The van der Waals surface area contributed by atoms with Gasteiger partial charge in [-0.2, -0.15) is 5.10 Å². The fourth-order valence-electron chi connectivity index (χ4n) is 2.43. The van der Waals surface area contributed by atoms with E-state index in [0.717, 1.165) is 32.2 Å². The van der Waals surface area contributed by atoms with E-state index in [0.29, 0.717) is 0 Å². The van der Waals surface area contributed by atoms with Gasteiger partial charge in [0.2, 0.25) is 5.91 Å². The Balaban J connectivity index is 2.10. The van der Waals surface area contributed by atoms with Gasteiger partial charge in [-0.15, -0.1) is 0 Å². The SMILES string of the molecule is CC(C(=O)N1CCCCCC1CO)n1cncn1. The summed E-state index contributed by atoms with van der Waals surface area (Å²) in [5, 5.41) is 13.4. The Bertz CT molecular complexity index is 379. The van der Waals surface area contributed by atoms with Crippen LogP contribution in [0, 0.1) is 0 Å². The molecule has 1 N–H and O–H groups in total. The lowest BCUT2D eigenvalue weighted by Gasteiger charge is -2.30. The van der Waals surface area contributed by atoms with E-state index in [2.05, 4.69) is 10.1 Å². The lowest BCUT2D eigenvalue weighted by molar-refractivity contribution is -0.137. The minimum Gasteiger partial charge on any atom is -0.394 e. The molecule has 1 amide bonds. The molecule has 18 heavy (non-hydrogen) atoms. The maximum absolute atomic E-state index is 12.4. The molecule has 2 atom stereocenters. The van der Waals surface area contributed by atoms with Crippen LogP contribution < -0.4 is 0 Å². The highest BCUT2D eigenvalue weighted by atomic mass is 16.3. The second-order valence-corrected chi connectivity index (χ2v) is 4.77. The molecule has 1 aliphatic rings. The highest BCUT2D eigenvalue weighted by Gasteiger charge is 2.29. The predicted octanol–water partition coefficient (Wildman–Crippen LogP) is 0.603. The van der Waals surface area contributed by atoms with Crippen molar-refractivity contribution in [2.45, 2.75) is 44.7 Å². The van der Waals surface area contributed by atoms with Crippen LogP contribution in [0.3, 0.4) is 0 Å². The molecule has 0 aliphatic carbocycles. The normalized spacial score (nSPS) is 22.6. The first-order valence-electron chi connectivity index (χ1n) is 6.49. The molecule has 0 aromatic carbocycles. The molecular formula is C12H20N4O2. The number of amides is 1. The molecule has 0 spiro atoms. The van der Waals surface area contributed by atoms with Gasteiger partial charge >= 0.3 is 0 Å². The zero-order valence-corrected chi connectivity index (χ0v) is 10.7. The van der Waals surface area contributed by atoms with Crippen LogP contribution in [-0.2, 0) is 4.79 Å². The zero-order valence-electron chi connectivity index (χ0n) is 10.7. The number of aliphatic hydroxyl groups is 1. The Hall–Kier alpha value is -1.43. The minimum absolute atomic E-state index is 0.0152. The predicted molar refractivity (Wildman–Crippen MR) is 65.8 cm³/mol. The van der Waals surface area contributed by atoms with Crippen molar-refractivity contribution in [2.24, 2.45) is 0 Å². The lowest BCUT2D eigenvalue weighted by atomic mass is 10.1. The second-order valence-electron chi connectivity index (χ2n) is 4.77. The fourth-order valence-corrected chi connectivity index (χ4v) is 2.43. The second kappa shape index (κ2) is 5.95. The largest absolute Gasteiger partial charge is 0.394 e. The highest BCUT2D eigenvalue weighted by molar-refractivity contribution is 5.80. The van der Waals surface area contributed by atoms with Crippen LogP contribution in [0.4, 0.5) is 0 Å². The fraction of sp³-hybridized carbons (Fsp3) is 0.750. The molecule has 0 radical (unpaired) electrons. The summed E-state index contributed by atoms with van der Waals surface area (Å²) in [6.07, 6.45) is 7.06. The number of hydrogen-bond acceptors (Lipinski definition) is 4. The van der Waals surface area contributed by atoms with Crippen molar-refractivity contribution >= 4 is 5.91 Å². The summed E-state index contributed by atoms with van der Waals surface area (Å²) in [7, 11) is 0. The Kier molecular flexibility index (Phi) is 4.30. The third-order valence-corrected chi connectivity index (χ3v) is 3.56. The molecule has 2 unspecified atom stereocenters. The molecule has 2 heterocycles. The molecule has 2 rings (SSSR count). The monoisotopic (exact) mass is 252 g/mol. The van der Waals surface area contributed by atoms with E-state index in [4.69, 9.17) is 0 Å². The highest BCUT2D eigenvalue weighted by Crippen LogP contribution is 2.20.